The Morgan fingerprint density at radius 2 is 2.04 bits per heavy atom. The normalized spacial score (nSPS) is 11.7. The Labute approximate surface area is 163 Å². The molecule has 0 bridgehead atoms. The summed E-state index contributed by atoms with van der Waals surface area (Å²) < 4.78 is 0. The van der Waals surface area contributed by atoms with E-state index in [0.29, 0.717) is 23.6 Å². The number of pyridine rings is 1. The second kappa shape index (κ2) is 10.2. The predicted octanol–water partition coefficient (Wildman–Crippen LogP) is 3.25. The van der Waals surface area contributed by atoms with Crippen LogP contribution in [0.25, 0.3) is 0 Å². The zero-order valence-corrected chi connectivity index (χ0v) is 16.4. The number of aromatic nitrogens is 1. The summed E-state index contributed by atoms with van der Waals surface area (Å²) in [6.07, 6.45) is 5.93. The average molecular weight is 392 g/mol. The lowest BCUT2D eigenvalue weighted by atomic mass is 10.1. The molecule has 138 valence electrons. The Hall–Kier alpha value is -2.05. The monoisotopic (exact) mass is 391 g/mol. The Kier molecular flexibility index (Phi) is 7.94. The third kappa shape index (κ3) is 5.75. The van der Waals surface area contributed by atoms with Gasteiger partial charge in [0.1, 0.15) is 6.04 Å². The van der Waals surface area contributed by atoms with Crippen molar-refractivity contribution >= 4 is 35.2 Å². The van der Waals surface area contributed by atoms with Crippen LogP contribution in [0.3, 0.4) is 0 Å². The molecule has 1 N–H and O–H groups in total. The number of halogens is 1. The van der Waals surface area contributed by atoms with Crippen LogP contribution in [0.15, 0.2) is 48.8 Å². The number of carbonyl (C=O) groups excluding carboxylic acids is 2. The summed E-state index contributed by atoms with van der Waals surface area (Å²) in [5.41, 5.74) is 1.30. The zero-order chi connectivity index (χ0) is 18.9. The molecule has 0 radical (unpaired) electrons. The molecule has 0 spiro atoms. The molecular formula is C19H22ClN3O2S. The van der Waals surface area contributed by atoms with Crippen molar-refractivity contribution in [1.29, 1.82) is 0 Å². The van der Waals surface area contributed by atoms with Gasteiger partial charge in [-0.25, -0.2) is 0 Å². The van der Waals surface area contributed by atoms with Crippen molar-refractivity contribution in [2.24, 2.45) is 0 Å². The minimum atomic E-state index is -0.604. The first-order valence-corrected chi connectivity index (χ1v) is 9.98. The first-order valence-electron chi connectivity index (χ1n) is 8.21. The van der Waals surface area contributed by atoms with E-state index in [0.717, 1.165) is 11.3 Å². The number of nitrogens with zero attached hydrogens (tertiary/aromatic N) is 2. The van der Waals surface area contributed by atoms with E-state index < -0.39 is 6.04 Å². The highest BCUT2D eigenvalue weighted by Gasteiger charge is 2.25. The van der Waals surface area contributed by atoms with Crippen molar-refractivity contribution in [2.75, 3.05) is 19.1 Å². The van der Waals surface area contributed by atoms with E-state index >= 15 is 0 Å². The summed E-state index contributed by atoms with van der Waals surface area (Å²) in [5, 5.41) is 3.20. The minimum absolute atomic E-state index is 0.136. The van der Waals surface area contributed by atoms with Gasteiger partial charge in [0, 0.05) is 26.0 Å². The van der Waals surface area contributed by atoms with Gasteiger partial charge in [-0.05, 0) is 42.2 Å². The third-order valence-corrected chi connectivity index (χ3v) is 4.82. The van der Waals surface area contributed by atoms with Gasteiger partial charge in [-0.1, -0.05) is 29.8 Å². The summed E-state index contributed by atoms with van der Waals surface area (Å²) in [5.74, 6) is 0.285. The van der Waals surface area contributed by atoms with E-state index in [2.05, 4.69) is 10.3 Å². The van der Waals surface area contributed by atoms with Crippen LogP contribution in [0.4, 0.5) is 0 Å². The fraction of sp³-hybridized carbons (Fsp3) is 0.316. The zero-order valence-electron chi connectivity index (χ0n) is 14.8. The number of carbonyl (C=O) groups is 2. The summed E-state index contributed by atoms with van der Waals surface area (Å²) in [6.45, 7) is 0.435. The van der Waals surface area contributed by atoms with E-state index in [9.17, 15) is 9.59 Å². The molecular weight excluding hydrogens is 370 g/mol. The minimum Gasteiger partial charge on any atom is -0.340 e. The van der Waals surface area contributed by atoms with Gasteiger partial charge >= 0.3 is 0 Å². The van der Waals surface area contributed by atoms with Crippen molar-refractivity contribution in [3.05, 3.63) is 64.9 Å². The second-order valence-electron chi connectivity index (χ2n) is 5.84. The quantitative estimate of drug-likeness (QED) is 0.750. The van der Waals surface area contributed by atoms with Gasteiger partial charge in [0.15, 0.2) is 0 Å². The summed E-state index contributed by atoms with van der Waals surface area (Å²) >= 11 is 7.72. The van der Waals surface area contributed by atoms with Gasteiger partial charge in [0.2, 0.25) is 5.91 Å². The average Bonchev–Trinajstić information content (AvgIpc) is 2.65. The summed E-state index contributed by atoms with van der Waals surface area (Å²) in [7, 11) is 1.73. The lowest BCUT2D eigenvalue weighted by molar-refractivity contribution is -0.132. The smallest absolute Gasteiger partial charge is 0.253 e. The van der Waals surface area contributed by atoms with Crippen LogP contribution in [0.2, 0.25) is 5.02 Å². The largest absolute Gasteiger partial charge is 0.340 e. The molecule has 0 saturated heterocycles. The van der Waals surface area contributed by atoms with Crippen molar-refractivity contribution in [1.82, 2.24) is 15.2 Å². The van der Waals surface area contributed by atoms with Gasteiger partial charge in [0.25, 0.3) is 5.91 Å². The Morgan fingerprint density at radius 1 is 1.27 bits per heavy atom. The molecule has 1 aromatic carbocycles. The lowest BCUT2D eigenvalue weighted by Gasteiger charge is -2.24. The molecule has 26 heavy (non-hydrogen) atoms. The number of nitrogens with one attached hydrogen (secondary N) is 1. The topological polar surface area (TPSA) is 62.3 Å². The van der Waals surface area contributed by atoms with Crippen LogP contribution in [-0.4, -0.2) is 46.8 Å². The molecule has 2 amide bonds. The number of thioether (sulfide) groups is 1. The molecule has 0 aliphatic rings. The number of hydrogen-bond donors (Lipinski definition) is 1. The molecule has 1 unspecified atom stereocenters. The van der Waals surface area contributed by atoms with Crippen LogP contribution in [-0.2, 0) is 11.3 Å². The standard InChI is InChI=1S/C19H22ClN3O2S/c1-23(13-14-6-5-10-21-12-14)19(25)17(9-11-26-2)22-18(24)15-7-3-4-8-16(15)20/h3-8,10,12,17H,9,11,13H2,1-2H3,(H,22,24). The Morgan fingerprint density at radius 3 is 2.69 bits per heavy atom. The van der Waals surface area contributed by atoms with Crippen molar-refractivity contribution in [2.45, 2.75) is 19.0 Å². The first-order chi connectivity index (χ1) is 12.5. The van der Waals surface area contributed by atoms with Crippen LogP contribution < -0.4 is 5.32 Å². The highest BCUT2D eigenvalue weighted by Crippen LogP contribution is 2.16. The van der Waals surface area contributed by atoms with Gasteiger partial charge < -0.3 is 10.2 Å². The maximum absolute atomic E-state index is 12.9. The van der Waals surface area contributed by atoms with Crippen molar-refractivity contribution < 1.29 is 9.59 Å². The molecule has 2 aromatic rings. The van der Waals surface area contributed by atoms with Crippen LogP contribution in [0.1, 0.15) is 22.3 Å². The van der Waals surface area contributed by atoms with E-state index in [4.69, 9.17) is 11.6 Å². The van der Waals surface area contributed by atoms with E-state index in [1.54, 1.807) is 60.4 Å². The third-order valence-electron chi connectivity index (χ3n) is 3.85. The number of amides is 2. The predicted molar refractivity (Wildman–Crippen MR) is 106 cm³/mol. The van der Waals surface area contributed by atoms with E-state index in [-0.39, 0.29) is 11.8 Å². The van der Waals surface area contributed by atoms with Crippen molar-refractivity contribution in [3.63, 3.8) is 0 Å². The number of likely N-dealkylation sites (N-methyl/N-ethyl adjacent to an activating group) is 1. The second-order valence-corrected chi connectivity index (χ2v) is 7.24. The molecule has 0 fully saturated rings. The van der Waals surface area contributed by atoms with Gasteiger partial charge in [-0.15, -0.1) is 0 Å². The molecule has 1 aromatic heterocycles. The molecule has 5 nitrogen and oxygen atoms in total. The highest BCUT2D eigenvalue weighted by atomic mass is 35.5. The highest BCUT2D eigenvalue weighted by molar-refractivity contribution is 7.98. The number of hydrogen-bond acceptors (Lipinski definition) is 4. The first kappa shape index (κ1) is 20.3. The van der Waals surface area contributed by atoms with Crippen LogP contribution in [0, 0.1) is 0 Å². The van der Waals surface area contributed by atoms with E-state index in [1.165, 1.54) is 0 Å². The molecule has 1 heterocycles. The Bertz CT molecular complexity index is 743. The fourth-order valence-electron chi connectivity index (χ4n) is 2.48. The molecule has 0 saturated carbocycles. The fourth-order valence-corrected chi connectivity index (χ4v) is 3.18. The molecule has 0 aliphatic carbocycles. The maximum atomic E-state index is 12.9. The van der Waals surface area contributed by atoms with Crippen molar-refractivity contribution in [3.8, 4) is 0 Å². The molecule has 0 aliphatic heterocycles. The van der Waals surface area contributed by atoms with Crippen LogP contribution >= 0.6 is 23.4 Å². The summed E-state index contributed by atoms with van der Waals surface area (Å²) in [6, 6.07) is 9.95. The Balaban J connectivity index is 2.08. The van der Waals surface area contributed by atoms with Crippen LogP contribution in [0.5, 0.6) is 0 Å². The molecule has 2 rings (SSSR count). The van der Waals surface area contributed by atoms with Gasteiger partial charge in [-0.3, -0.25) is 14.6 Å². The number of benzene rings is 1. The van der Waals surface area contributed by atoms with E-state index in [1.807, 2.05) is 18.4 Å². The maximum Gasteiger partial charge on any atom is 0.253 e. The lowest BCUT2D eigenvalue weighted by Crippen LogP contribution is -2.47. The van der Waals surface area contributed by atoms with Gasteiger partial charge in [0.05, 0.1) is 10.6 Å². The van der Waals surface area contributed by atoms with Gasteiger partial charge in [-0.2, -0.15) is 11.8 Å². The SMILES string of the molecule is CSCCC(NC(=O)c1ccccc1Cl)C(=O)N(C)Cc1cccnc1. The molecule has 7 heteroatoms. The summed E-state index contributed by atoms with van der Waals surface area (Å²) in [4.78, 5) is 31.1. The molecule has 1 atom stereocenters. The number of rotatable bonds is 8.